The van der Waals surface area contributed by atoms with Crippen LogP contribution in [0.5, 0.6) is 0 Å². The van der Waals surface area contributed by atoms with E-state index in [1.807, 2.05) is 19.1 Å². The van der Waals surface area contributed by atoms with Gasteiger partial charge in [-0.3, -0.25) is 4.79 Å². The maximum atomic E-state index is 11.3. The number of fused-ring (bicyclic) bond motifs is 1. The summed E-state index contributed by atoms with van der Waals surface area (Å²) in [7, 11) is 0. The molecule has 72 valence electrons. The summed E-state index contributed by atoms with van der Waals surface area (Å²) in [6, 6.07) is 3.75. The first-order valence-corrected chi connectivity index (χ1v) is 4.76. The molecular weight excluding hydrogens is 198 g/mol. The molecule has 0 aliphatic heterocycles. The van der Waals surface area contributed by atoms with E-state index in [0.29, 0.717) is 10.6 Å². The standard InChI is InChI=1S/C11H10ClNO/c1-6-3-4-9(12)10-8(7(2)14)5-13-11(6)10/h3-5,13H,1-2H3. The molecule has 1 aromatic heterocycles. The Kier molecular flexibility index (Phi) is 2.08. The van der Waals surface area contributed by atoms with Crippen molar-refractivity contribution in [2.45, 2.75) is 13.8 Å². The summed E-state index contributed by atoms with van der Waals surface area (Å²) in [4.78, 5) is 14.4. The summed E-state index contributed by atoms with van der Waals surface area (Å²) in [6.07, 6.45) is 1.71. The number of halogens is 1. The van der Waals surface area contributed by atoms with Crippen LogP contribution in [0.1, 0.15) is 22.8 Å². The molecule has 0 saturated heterocycles. The Labute approximate surface area is 86.9 Å². The third-order valence-electron chi connectivity index (χ3n) is 2.37. The third-order valence-corrected chi connectivity index (χ3v) is 2.69. The maximum absolute atomic E-state index is 11.3. The highest BCUT2D eigenvalue weighted by molar-refractivity contribution is 6.37. The molecule has 1 aromatic carbocycles. The van der Waals surface area contributed by atoms with Crippen molar-refractivity contribution in [1.29, 1.82) is 0 Å². The Hall–Kier alpha value is -1.28. The van der Waals surface area contributed by atoms with E-state index in [4.69, 9.17) is 11.6 Å². The van der Waals surface area contributed by atoms with E-state index < -0.39 is 0 Å². The van der Waals surface area contributed by atoms with Crippen molar-refractivity contribution < 1.29 is 4.79 Å². The first kappa shape index (κ1) is 9.28. The van der Waals surface area contributed by atoms with Gasteiger partial charge in [-0.15, -0.1) is 0 Å². The third kappa shape index (κ3) is 1.23. The highest BCUT2D eigenvalue weighted by atomic mass is 35.5. The highest BCUT2D eigenvalue weighted by Gasteiger charge is 2.11. The lowest BCUT2D eigenvalue weighted by molar-refractivity contribution is 0.101. The minimum absolute atomic E-state index is 0.0313. The quantitative estimate of drug-likeness (QED) is 0.715. The number of Topliss-reactive ketones (excluding diaryl/α,β-unsaturated/α-hetero) is 1. The molecule has 2 aromatic rings. The van der Waals surface area contributed by atoms with Gasteiger partial charge in [-0.1, -0.05) is 17.7 Å². The van der Waals surface area contributed by atoms with Gasteiger partial charge >= 0.3 is 0 Å². The van der Waals surface area contributed by atoms with Crippen molar-refractivity contribution in [3.05, 3.63) is 34.5 Å². The van der Waals surface area contributed by atoms with Crippen LogP contribution in [-0.2, 0) is 0 Å². The zero-order valence-electron chi connectivity index (χ0n) is 8.02. The van der Waals surface area contributed by atoms with E-state index in [9.17, 15) is 4.79 Å². The Morgan fingerprint density at radius 2 is 2.14 bits per heavy atom. The second kappa shape index (κ2) is 3.14. The van der Waals surface area contributed by atoms with Crippen LogP contribution in [0.25, 0.3) is 10.9 Å². The number of aromatic nitrogens is 1. The number of H-pyrrole nitrogens is 1. The Balaban J connectivity index is 2.90. The zero-order chi connectivity index (χ0) is 10.3. The second-order valence-corrected chi connectivity index (χ2v) is 3.78. The number of carbonyl (C=O) groups excluding carboxylic acids is 1. The van der Waals surface area contributed by atoms with Gasteiger partial charge in [-0.25, -0.2) is 0 Å². The number of ketones is 1. The molecule has 14 heavy (non-hydrogen) atoms. The van der Waals surface area contributed by atoms with Gasteiger partial charge < -0.3 is 4.98 Å². The summed E-state index contributed by atoms with van der Waals surface area (Å²) in [5.74, 6) is 0.0313. The number of hydrogen-bond acceptors (Lipinski definition) is 1. The molecule has 0 amide bonds. The number of nitrogens with one attached hydrogen (secondary N) is 1. The van der Waals surface area contributed by atoms with Gasteiger partial charge in [-0.2, -0.15) is 0 Å². The first-order valence-electron chi connectivity index (χ1n) is 4.38. The molecule has 0 aliphatic carbocycles. The van der Waals surface area contributed by atoms with Crippen LogP contribution in [0.3, 0.4) is 0 Å². The monoisotopic (exact) mass is 207 g/mol. The number of aryl methyl sites for hydroxylation is 1. The molecule has 1 heterocycles. The van der Waals surface area contributed by atoms with Crippen LogP contribution in [-0.4, -0.2) is 10.8 Å². The van der Waals surface area contributed by atoms with E-state index in [2.05, 4.69) is 4.98 Å². The van der Waals surface area contributed by atoms with Gasteiger partial charge in [0.1, 0.15) is 0 Å². The molecule has 1 N–H and O–H groups in total. The number of rotatable bonds is 1. The second-order valence-electron chi connectivity index (χ2n) is 3.37. The number of hydrogen-bond donors (Lipinski definition) is 1. The molecule has 0 fully saturated rings. The van der Waals surface area contributed by atoms with Gasteiger partial charge in [-0.05, 0) is 25.5 Å². The van der Waals surface area contributed by atoms with E-state index in [1.54, 1.807) is 13.1 Å². The largest absolute Gasteiger partial charge is 0.360 e. The fourth-order valence-corrected chi connectivity index (χ4v) is 1.88. The first-order chi connectivity index (χ1) is 6.61. The van der Waals surface area contributed by atoms with Gasteiger partial charge in [0.2, 0.25) is 0 Å². The summed E-state index contributed by atoms with van der Waals surface area (Å²) in [6.45, 7) is 3.53. The van der Waals surface area contributed by atoms with Crippen molar-refractivity contribution in [1.82, 2.24) is 4.98 Å². The molecular formula is C11H10ClNO. The number of benzene rings is 1. The molecule has 0 atom stereocenters. The number of carbonyl (C=O) groups is 1. The van der Waals surface area contributed by atoms with Crippen LogP contribution < -0.4 is 0 Å². The number of aromatic amines is 1. The normalized spacial score (nSPS) is 10.8. The zero-order valence-corrected chi connectivity index (χ0v) is 8.77. The molecule has 3 heteroatoms. The van der Waals surface area contributed by atoms with Crippen LogP contribution in [0.4, 0.5) is 0 Å². The summed E-state index contributed by atoms with van der Waals surface area (Å²) < 4.78 is 0. The highest BCUT2D eigenvalue weighted by Crippen LogP contribution is 2.29. The van der Waals surface area contributed by atoms with Crippen LogP contribution >= 0.6 is 11.6 Å². The van der Waals surface area contributed by atoms with E-state index >= 15 is 0 Å². The minimum Gasteiger partial charge on any atom is -0.360 e. The van der Waals surface area contributed by atoms with Gasteiger partial charge in [0.25, 0.3) is 0 Å². The lowest BCUT2D eigenvalue weighted by atomic mass is 10.1. The van der Waals surface area contributed by atoms with Crippen LogP contribution in [0.15, 0.2) is 18.3 Å². The summed E-state index contributed by atoms with van der Waals surface area (Å²) in [5, 5.41) is 1.45. The van der Waals surface area contributed by atoms with Crippen LogP contribution in [0.2, 0.25) is 5.02 Å². The molecule has 0 aliphatic rings. The average molecular weight is 208 g/mol. The fourth-order valence-electron chi connectivity index (χ4n) is 1.62. The van der Waals surface area contributed by atoms with Gasteiger partial charge in [0.15, 0.2) is 5.78 Å². The summed E-state index contributed by atoms with van der Waals surface area (Å²) in [5.41, 5.74) is 2.70. The lowest BCUT2D eigenvalue weighted by Crippen LogP contribution is -1.89. The van der Waals surface area contributed by atoms with E-state index in [1.165, 1.54) is 0 Å². The smallest absolute Gasteiger partial charge is 0.161 e. The van der Waals surface area contributed by atoms with E-state index in [0.717, 1.165) is 16.5 Å². The predicted molar refractivity (Wildman–Crippen MR) is 58.1 cm³/mol. The van der Waals surface area contributed by atoms with Crippen molar-refractivity contribution in [2.24, 2.45) is 0 Å². The molecule has 0 bridgehead atoms. The van der Waals surface area contributed by atoms with Crippen molar-refractivity contribution in [3.63, 3.8) is 0 Å². The Morgan fingerprint density at radius 1 is 1.43 bits per heavy atom. The molecule has 2 rings (SSSR count). The van der Waals surface area contributed by atoms with Crippen molar-refractivity contribution >= 4 is 28.3 Å². The van der Waals surface area contributed by atoms with Crippen molar-refractivity contribution in [3.8, 4) is 0 Å². The van der Waals surface area contributed by atoms with Gasteiger partial charge in [0, 0.05) is 17.1 Å². The topological polar surface area (TPSA) is 32.9 Å². The Bertz CT molecular complexity index is 513. The summed E-state index contributed by atoms with van der Waals surface area (Å²) >= 11 is 6.05. The van der Waals surface area contributed by atoms with Crippen LogP contribution in [0, 0.1) is 6.92 Å². The average Bonchev–Trinajstić information content (AvgIpc) is 2.56. The SMILES string of the molecule is CC(=O)c1c[nH]c2c(C)ccc(Cl)c12. The predicted octanol–water partition coefficient (Wildman–Crippen LogP) is 3.33. The minimum atomic E-state index is 0.0313. The van der Waals surface area contributed by atoms with Gasteiger partial charge in [0.05, 0.1) is 10.5 Å². The fraction of sp³-hybridized carbons (Fsp3) is 0.182. The molecule has 0 spiro atoms. The Morgan fingerprint density at radius 3 is 2.79 bits per heavy atom. The maximum Gasteiger partial charge on any atom is 0.161 e. The van der Waals surface area contributed by atoms with E-state index in [-0.39, 0.29) is 5.78 Å². The van der Waals surface area contributed by atoms with Crippen molar-refractivity contribution in [2.75, 3.05) is 0 Å². The molecule has 0 unspecified atom stereocenters. The lowest BCUT2D eigenvalue weighted by Gasteiger charge is -1.99. The molecule has 0 radical (unpaired) electrons. The molecule has 0 saturated carbocycles. The molecule has 2 nitrogen and oxygen atoms in total.